The van der Waals surface area contributed by atoms with Crippen molar-refractivity contribution in [2.24, 2.45) is 11.8 Å². The first-order valence-corrected chi connectivity index (χ1v) is 4.33. The molecule has 0 aromatic heterocycles. The molecule has 0 rings (SSSR count). The molecule has 4 heteroatoms. The highest BCUT2D eigenvalue weighted by Crippen LogP contribution is 2.08. The van der Waals surface area contributed by atoms with Gasteiger partial charge in [-0.15, -0.1) is 0 Å². The van der Waals surface area contributed by atoms with Crippen LogP contribution in [-0.4, -0.2) is 25.5 Å². The Balaban J connectivity index is 3.81. The van der Waals surface area contributed by atoms with Gasteiger partial charge in [0.1, 0.15) is 6.54 Å². The topological polar surface area (TPSA) is 55.4 Å². The summed E-state index contributed by atoms with van der Waals surface area (Å²) >= 11 is 0. The molecule has 0 saturated carbocycles. The molecule has 0 aliphatic heterocycles. The number of amides is 1. The number of esters is 1. The fourth-order valence-electron chi connectivity index (χ4n) is 0.695. The van der Waals surface area contributed by atoms with Crippen LogP contribution in [-0.2, 0) is 14.3 Å². The van der Waals surface area contributed by atoms with E-state index in [-0.39, 0.29) is 24.3 Å². The second kappa shape index (κ2) is 5.56. The quantitative estimate of drug-likeness (QED) is 0.654. The van der Waals surface area contributed by atoms with Gasteiger partial charge < -0.3 is 10.1 Å². The van der Waals surface area contributed by atoms with Crippen LogP contribution in [0.3, 0.4) is 0 Å². The van der Waals surface area contributed by atoms with Crippen LogP contribution in [0, 0.1) is 11.8 Å². The molecule has 0 aliphatic carbocycles. The van der Waals surface area contributed by atoms with Gasteiger partial charge in [-0.3, -0.25) is 9.59 Å². The molecule has 0 aromatic carbocycles. The highest BCUT2D eigenvalue weighted by atomic mass is 16.5. The number of carbonyl (C=O) groups is 2. The van der Waals surface area contributed by atoms with Crippen molar-refractivity contribution in [2.75, 3.05) is 13.7 Å². The van der Waals surface area contributed by atoms with Gasteiger partial charge in [0, 0.05) is 5.92 Å². The predicted molar refractivity (Wildman–Crippen MR) is 49.0 cm³/mol. The summed E-state index contributed by atoms with van der Waals surface area (Å²) in [4.78, 5) is 22.0. The fourth-order valence-corrected chi connectivity index (χ4v) is 0.695. The molecular weight excluding hydrogens is 170 g/mol. The minimum atomic E-state index is -0.427. The number of hydrogen-bond donors (Lipinski definition) is 1. The zero-order chi connectivity index (χ0) is 10.4. The molecule has 1 N–H and O–H groups in total. The van der Waals surface area contributed by atoms with Crippen LogP contribution in [0.5, 0.6) is 0 Å². The lowest BCUT2D eigenvalue weighted by Crippen LogP contribution is -2.35. The Morgan fingerprint density at radius 1 is 1.31 bits per heavy atom. The Morgan fingerprint density at radius 3 is 2.23 bits per heavy atom. The fraction of sp³-hybridized carbons (Fsp3) is 0.778. The van der Waals surface area contributed by atoms with Crippen LogP contribution >= 0.6 is 0 Å². The number of rotatable bonds is 4. The van der Waals surface area contributed by atoms with Gasteiger partial charge in [-0.1, -0.05) is 20.8 Å². The Morgan fingerprint density at radius 2 is 1.85 bits per heavy atom. The lowest BCUT2D eigenvalue weighted by atomic mass is 9.97. The van der Waals surface area contributed by atoms with E-state index in [2.05, 4.69) is 10.1 Å². The van der Waals surface area contributed by atoms with Crippen molar-refractivity contribution in [2.45, 2.75) is 20.8 Å². The average molecular weight is 187 g/mol. The summed E-state index contributed by atoms with van der Waals surface area (Å²) < 4.78 is 4.39. The lowest BCUT2D eigenvalue weighted by molar-refractivity contribution is -0.141. The molecule has 0 heterocycles. The summed E-state index contributed by atoms with van der Waals surface area (Å²) in [5.41, 5.74) is 0. The molecule has 0 aliphatic rings. The molecule has 4 nitrogen and oxygen atoms in total. The van der Waals surface area contributed by atoms with E-state index >= 15 is 0 Å². The highest BCUT2D eigenvalue weighted by molar-refractivity contribution is 5.83. The monoisotopic (exact) mass is 187 g/mol. The van der Waals surface area contributed by atoms with Crippen LogP contribution in [0.25, 0.3) is 0 Å². The molecule has 0 radical (unpaired) electrons. The van der Waals surface area contributed by atoms with Crippen molar-refractivity contribution >= 4 is 11.9 Å². The summed E-state index contributed by atoms with van der Waals surface area (Å²) in [6, 6.07) is 0. The standard InChI is InChI=1S/C9H17NO3/c1-6(2)7(3)9(12)10-5-8(11)13-4/h6-7H,5H2,1-4H3,(H,10,12). The van der Waals surface area contributed by atoms with Gasteiger partial charge in [-0.2, -0.15) is 0 Å². The second-order valence-electron chi connectivity index (χ2n) is 3.33. The summed E-state index contributed by atoms with van der Waals surface area (Å²) in [6.45, 7) is 5.70. The minimum absolute atomic E-state index is 0.0492. The molecule has 1 amide bonds. The molecule has 0 spiro atoms. The normalized spacial score (nSPS) is 12.4. The zero-order valence-corrected chi connectivity index (χ0v) is 8.59. The van der Waals surface area contributed by atoms with E-state index in [1.807, 2.05) is 20.8 Å². The van der Waals surface area contributed by atoms with Gasteiger partial charge in [0.15, 0.2) is 0 Å². The molecule has 1 unspecified atom stereocenters. The average Bonchev–Trinajstić information content (AvgIpc) is 2.11. The second-order valence-corrected chi connectivity index (χ2v) is 3.33. The summed E-state index contributed by atoms with van der Waals surface area (Å²) in [7, 11) is 1.29. The third-order valence-corrected chi connectivity index (χ3v) is 2.05. The van der Waals surface area contributed by atoms with E-state index in [1.54, 1.807) is 0 Å². The highest BCUT2D eigenvalue weighted by Gasteiger charge is 2.16. The van der Waals surface area contributed by atoms with E-state index in [0.29, 0.717) is 0 Å². The first-order valence-electron chi connectivity index (χ1n) is 4.33. The summed E-state index contributed by atoms with van der Waals surface area (Å²) in [5.74, 6) is -0.341. The van der Waals surface area contributed by atoms with E-state index < -0.39 is 5.97 Å². The number of ether oxygens (including phenoxy) is 1. The minimum Gasteiger partial charge on any atom is -0.468 e. The van der Waals surface area contributed by atoms with Crippen molar-refractivity contribution in [1.82, 2.24) is 5.32 Å². The van der Waals surface area contributed by atoms with Crippen molar-refractivity contribution in [3.63, 3.8) is 0 Å². The Labute approximate surface area is 78.6 Å². The van der Waals surface area contributed by atoms with Crippen molar-refractivity contribution in [3.05, 3.63) is 0 Å². The van der Waals surface area contributed by atoms with Crippen LogP contribution in [0.1, 0.15) is 20.8 Å². The van der Waals surface area contributed by atoms with E-state index in [1.165, 1.54) is 7.11 Å². The third kappa shape index (κ3) is 4.50. The SMILES string of the molecule is COC(=O)CNC(=O)C(C)C(C)C. The molecule has 0 fully saturated rings. The van der Waals surface area contributed by atoms with E-state index in [4.69, 9.17) is 0 Å². The third-order valence-electron chi connectivity index (χ3n) is 2.05. The zero-order valence-electron chi connectivity index (χ0n) is 8.59. The Bertz CT molecular complexity index is 189. The molecule has 13 heavy (non-hydrogen) atoms. The maximum absolute atomic E-state index is 11.3. The van der Waals surface area contributed by atoms with Gasteiger partial charge in [-0.25, -0.2) is 0 Å². The van der Waals surface area contributed by atoms with Gasteiger partial charge in [0.2, 0.25) is 5.91 Å². The van der Waals surface area contributed by atoms with Crippen LogP contribution in [0.2, 0.25) is 0 Å². The van der Waals surface area contributed by atoms with Crippen molar-refractivity contribution < 1.29 is 14.3 Å². The molecular formula is C9H17NO3. The van der Waals surface area contributed by atoms with Crippen molar-refractivity contribution in [3.8, 4) is 0 Å². The molecule has 76 valence electrons. The van der Waals surface area contributed by atoms with Crippen LogP contribution < -0.4 is 5.32 Å². The summed E-state index contributed by atoms with van der Waals surface area (Å²) in [5, 5.41) is 2.50. The maximum atomic E-state index is 11.3. The van der Waals surface area contributed by atoms with Crippen LogP contribution in [0.4, 0.5) is 0 Å². The largest absolute Gasteiger partial charge is 0.468 e. The molecule has 1 atom stereocenters. The number of hydrogen-bond acceptors (Lipinski definition) is 3. The first-order chi connectivity index (χ1) is 5.99. The van der Waals surface area contributed by atoms with Crippen LogP contribution in [0.15, 0.2) is 0 Å². The maximum Gasteiger partial charge on any atom is 0.325 e. The van der Waals surface area contributed by atoms with Gasteiger partial charge >= 0.3 is 5.97 Å². The molecule has 0 aromatic rings. The van der Waals surface area contributed by atoms with Gasteiger partial charge in [-0.05, 0) is 5.92 Å². The Hall–Kier alpha value is -1.06. The predicted octanol–water partition coefficient (Wildman–Crippen LogP) is 0.568. The van der Waals surface area contributed by atoms with Crippen molar-refractivity contribution in [1.29, 1.82) is 0 Å². The number of methoxy groups -OCH3 is 1. The lowest BCUT2D eigenvalue weighted by Gasteiger charge is -2.14. The van der Waals surface area contributed by atoms with E-state index in [0.717, 1.165) is 0 Å². The van der Waals surface area contributed by atoms with E-state index in [9.17, 15) is 9.59 Å². The van der Waals surface area contributed by atoms with Gasteiger partial charge in [0.25, 0.3) is 0 Å². The smallest absolute Gasteiger partial charge is 0.325 e. The number of nitrogens with one attached hydrogen (secondary N) is 1. The summed E-state index contributed by atoms with van der Waals surface area (Å²) in [6.07, 6.45) is 0. The Kier molecular flexibility index (Phi) is 5.11. The molecule has 0 bridgehead atoms. The number of carbonyl (C=O) groups excluding carboxylic acids is 2. The molecule has 0 saturated heterocycles. The van der Waals surface area contributed by atoms with Gasteiger partial charge in [0.05, 0.1) is 7.11 Å². The first kappa shape index (κ1) is 11.9.